The highest BCUT2D eigenvalue weighted by Crippen LogP contribution is 2.19. The van der Waals surface area contributed by atoms with Crippen LogP contribution in [0.2, 0.25) is 5.02 Å². The van der Waals surface area contributed by atoms with Crippen LogP contribution in [0.5, 0.6) is 5.75 Å². The minimum absolute atomic E-state index is 0.0400. The predicted octanol–water partition coefficient (Wildman–Crippen LogP) is 4.89. The van der Waals surface area contributed by atoms with E-state index in [1.165, 1.54) is 0 Å². The predicted molar refractivity (Wildman–Crippen MR) is 103 cm³/mol. The van der Waals surface area contributed by atoms with Crippen LogP contribution in [0.1, 0.15) is 17.7 Å². The molecule has 132 valence electrons. The van der Waals surface area contributed by atoms with Crippen molar-refractivity contribution in [1.29, 1.82) is 0 Å². The first-order valence-corrected chi connectivity index (χ1v) is 8.74. The van der Waals surface area contributed by atoms with E-state index in [0.29, 0.717) is 35.9 Å². The largest absolute Gasteiger partial charge is 0.487 e. The number of rotatable bonds is 7. The van der Waals surface area contributed by atoms with Crippen molar-refractivity contribution < 1.29 is 9.53 Å². The Bertz CT molecular complexity index is 851. The Balaban J connectivity index is 1.51. The number of anilines is 1. The average molecular weight is 367 g/mol. The molecule has 0 radical (unpaired) electrons. The van der Waals surface area contributed by atoms with Gasteiger partial charge in [-0.15, -0.1) is 0 Å². The summed E-state index contributed by atoms with van der Waals surface area (Å²) >= 11 is 5.87. The van der Waals surface area contributed by atoms with Crippen LogP contribution in [0.4, 0.5) is 5.69 Å². The van der Waals surface area contributed by atoms with Crippen molar-refractivity contribution in [3.63, 3.8) is 0 Å². The molecule has 4 nitrogen and oxygen atoms in total. The quantitative estimate of drug-likeness (QED) is 0.648. The highest BCUT2D eigenvalue weighted by atomic mass is 35.5. The molecule has 0 unspecified atom stereocenters. The van der Waals surface area contributed by atoms with Gasteiger partial charge in [-0.2, -0.15) is 0 Å². The van der Waals surface area contributed by atoms with Gasteiger partial charge in [-0.25, -0.2) is 0 Å². The van der Waals surface area contributed by atoms with E-state index in [-0.39, 0.29) is 5.91 Å². The lowest BCUT2D eigenvalue weighted by Crippen LogP contribution is -2.12. The molecule has 0 atom stereocenters. The molecule has 26 heavy (non-hydrogen) atoms. The maximum atomic E-state index is 12.2. The maximum Gasteiger partial charge on any atom is 0.224 e. The number of carbonyl (C=O) groups excluding carboxylic acids is 1. The van der Waals surface area contributed by atoms with Gasteiger partial charge in [-0.05, 0) is 48.4 Å². The van der Waals surface area contributed by atoms with Crippen LogP contribution in [0.3, 0.4) is 0 Å². The number of nitrogens with one attached hydrogen (secondary N) is 1. The number of benzene rings is 2. The second-order valence-electron chi connectivity index (χ2n) is 5.81. The van der Waals surface area contributed by atoms with Crippen molar-refractivity contribution in [3.8, 4) is 5.75 Å². The highest BCUT2D eigenvalue weighted by molar-refractivity contribution is 6.30. The number of halogens is 1. The third kappa shape index (κ3) is 5.60. The molecular formula is C21H19ClN2O2. The molecule has 0 spiro atoms. The van der Waals surface area contributed by atoms with Crippen molar-refractivity contribution in [2.45, 2.75) is 19.4 Å². The normalized spacial score (nSPS) is 10.3. The van der Waals surface area contributed by atoms with E-state index in [1.54, 1.807) is 6.20 Å². The summed E-state index contributed by atoms with van der Waals surface area (Å²) in [5.41, 5.74) is 2.64. The van der Waals surface area contributed by atoms with Gasteiger partial charge in [0.2, 0.25) is 5.91 Å². The first-order chi connectivity index (χ1) is 12.7. The Morgan fingerprint density at radius 1 is 1.04 bits per heavy atom. The van der Waals surface area contributed by atoms with Crippen molar-refractivity contribution in [3.05, 3.63) is 89.2 Å². The third-order valence-electron chi connectivity index (χ3n) is 3.78. The topological polar surface area (TPSA) is 51.2 Å². The van der Waals surface area contributed by atoms with Crippen LogP contribution < -0.4 is 10.1 Å². The fraction of sp³-hybridized carbons (Fsp3) is 0.143. The van der Waals surface area contributed by atoms with Crippen molar-refractivity contribution in [1.82, 2.24) is 4.98 Å². The molecule has 0 saturated heterocycles. The smallest absolute Gasteiger partial charge is 0.224 e. The fourth-order valence-corrected chi connectivity index (χ4v) is 2.56. The van der Waals surface area contributed by atoms with Gasteiger partial charge in [0, 0.05) is 29.4 Å². The molecule has 1 amide bonds. The van der Waals surface area contributed by atoms with Gasteiger partial charge in [0.05, 0.1) is 5.69 Å². The lowest BCUT2D eigenvalue weighted by atomic mass is 10.1. The van der Waals surface area contributed by atoms with Gasteiger partial charge in [0.1, 0.15) is 12.4 Å². The minimum Gasteiger partial charge on any atom is -0.487 e. The van der Waals surface area contributed by atoms with Gasteiger partial charge in [-0.3, -0.25) is 9.78 Å². The molecule has 1 N–H and O–H groups in total. The Labute approximate surface area is 157 Å². The zero-order valence-electron chi connectivity index (χ0n) is 14.2. The molecule has 0 aliphatic carbocycles. The van der Waals surface area contributed by atoms with Crippen LogP contribution in [0, 0.1) is 0 Å². The molecule has 0 saturated carbocycles. The van der Waals surface area contributed by atoms with E-state index >= 15 is 0 Å². The number of ether oxygens (including phenoxy) is 1. The first kappa shape index (κ1) is 18.0. The van der Waals surface area contributed by atoms with E-state index in [1.807, 2.05) is 66.7 Å². The summed E-state index contributed by atoms with van der Waals surface area (Å²) < 4.78 is 5.73. The van der Waals surface area contributed by atoms with E-state index in [4.69, 9.17) is 16.3 Å². The van der Waals surface area contributed by atoms with Crippen molar-refractivity contribution >= 4 is 23.2 Å². The Morgan fingerprint density at radius 2 is 1.88 bits per heavy atom. The van der Waals surface area contributed by atoms with Gasteiger partial charge >= 0.3 is 0 Å². The van der Waals surface area contributed by atoms with E-state index in [0.717, 1.165) is 11.3 Å². The Kier molecular flexibility index (Phi) is 6.23. The zero-order valence-corrected chi connectivity index (χ0v) is 14.9. The SMILES string of the molecule is O=C(CCc1ccc(Cl)cc1)Nc1cccc(OCc2ccccn2)c1. The van der Waals surface area contributed by atoms with Gasteiger partial charge in [-0.1, -0.05) is 35.9 Å². The lowest BCUT2D eigenvalue weighted by molar-refractivity contribution is -0.116. The van der Waals surface area contributed by atoms with Crippen LogP contribution in [-0.2, 0) is 17.8 Å². The summed E-state index contributed by atoms with van der Waals surface area (Å²) in [4.78, 5) is 16.4. The summed E-state index contributed by atoms with van der Waals surface area (Å²) in [7, 11) is 0. The molecule has 1 heterocycles. The minimum atomic E-state index is -0.0400. The summed E-state index contributed by atoms with van der Waals surface area (Å²) in [5.74, 6) is 0.646. The molecule has 3 aromatic rings. The molecule has 1 aromatic heterocycles. The van der Waals surface area contributed by atoms with Crippen LogP contribution in [-0.4, -0.2) is 10.9 Å². The monoisotopic (exact) mass is 366 g/mol. The van der Waals surface area contributed by atoms with Crippen LogP contribution >= 0.6 is 11.6 Å². The van der Waals surface area contributed by atoms with Crippen molar-refractivity contribution in [2.75, 3.05) is 5.32 Å². The number of carbonyl (C=O) groups is 1. The number of hydrogen-bond donors (Lipinski definition) is 1. The second-order valence-corrected chi connectivity index (χ2v) is 6.25. The summed E-state index contributed by atoms with van der Waals surface area (Å²) in [6.45, 7) is 0.384. The number of nitrogens with zero attached hydrogens (tertiary/aromatic N) is 1. The van der Waals surface area contributed by atoms with Gasteiger partial charge < -0.3 is 10.1 Å². The highest BCUT2D eigenvalue weighted by Gasteiger charge is 2.05. The standard InChI is InChI=1S/C21H19ClN2O2/c22-17-10-7-16(8-11-17)9-12-21(25)24-18-5-3-6-20(14-18)26-15-19-4-1-2-13-23-19/h1-8,10-11,13-14H,9,12,15H2,(H,24,25). The molecule has 0 fully saturated rings. The summed E-state index contributed by atoms with van der Waals surface area (Å²) in [6, 6.07) is 20.6. The summed E-state index contributed by atoms with van der Waals surface area (Å²) in [5, 5.41) is 3.60. The van der Waals surface area contributed by atoms with E-state index in [2.05, 4.69) is 10.3 Å². The summed E-state index contributed by atoms with van der Waals surface area (Å²) in [6.07, 6.45) is 2.80. The average Bonchev–Trinajstić information content (AvgIpc) is 2.67. The molecule has 2 aromatic carbocycles. The Morgan fingerprint density at radius 3 is 2.65 bits per heavy atom. The number of hydrogen-bond acceptors (Lipinski definition) is 3. The fourth-order valence-electron chi connectivity index (χ4n) is 2.44. The number of aryl methyl sites for hydroxylation is 1. The first-order valence-electron chi connectivity index (χ1n) is 8.36. The number of aromatic nitrogens is 1. The molecular weight excluding hydrogens is 348 g/mol. The number of pyridine rings is 1. The third-order valence-corrected chi connectivity index (χ3v) is 4.04. The Hall–Kier alpha value is -2.85. The van der Waals surface area contributed by atoms with E-state index < -0.39 is 0 Å². The second kappa shape index (κ2) is 9.02. The van der Waals surface area contributed by atoms with E-state index in [9.17, 15) is 4.79 Å². The molecule has 0 aliphatic rings. The van der Waals surface area contributed by atoms with Crippen molar-refractivity contribution in [2.24, 2.45) is 0 Å². The maximum absolute atomic E-state index is 12.2. The lowest BCUT2D eigenvalue weighted by Gasteiger charge is -2.09. The molecule has 3 rings (SSSR count). The molecule has 0 bridgehead atoms. The van der Waals surface area contributed by atoms with Crippen LogP contribution in [0.25, 0.3) is 0 Å². The molecule has 0 aliphatic heterocycles. The van der Waals surface area contributed by atoms with Gasteiger partial charge in [0.15, 0.2) is 0 Å². The molecule has 5 heteroatoms. The number of amides is 1. The van der Waals surface area contributed by atoms with Gasteiger partial charge in [0.25, 0.3) is 0 Å². The zero-order chi connectivity index (χ0) is 18.2. The van der Waals surface area contributed by atoms with Crippen LogP contribution in [0.15, 0.2) is 72.9 Å².